The van der Waals surface area contributed by atoms with Crippen LogP contribution in [-0.2, 0) is 4.74 Å². The fourth-order valence-electron chi connectivity index (χ4n) is 2.85. The van der Waals surface area contributed by atoms with Gasteiger partial charge in [0.1, 0.15) is 5.76 Å². The molecule has 0 aromatic heterocycles. The molecule has 0 N–H and O–H groups in total. The van der Waals surface area contributed by atoms with E-state index in [1.165, 1.54) is 6.08 Å². The van der Waals surface area contributed by atoms with E-state index in [1.807, 2.05) is 48.5 Å². The van der Waals surface area contributed by atoms with Gasteiger partial charge in [0.25, 0.3) is 0 Å². The van der Waals surface area contributed by atoms with Gasteiger partial charge in [0.15, 0.2) is 5.78 Å². The number of fused-ring (bicyclic) bond motifs is 1. The summed E-state index contributed by atoms with van der Waals surface area (Å²) in [6.45, 7) is 0. The molecule has 0 aliphatic carbocycles. The first kappa shape index (κ1) is 15.1. The lowest BCUT2D eigenvalue weighted by molar-refractivity contribution is 0.0715. The monoisotopic (exact) mass is 326 g/mol. The van der Waals surface area contributed by atoms with Crippen LogP contribution in [0.1, 0.15) is 26.3 Å². The van der Waals surface area contributed by atoms with Crippen LogP contribution in [0, 0.1) is 0 Å². The number of ether oxygens (including phenoxy) is 1. The third kappa shape index (κ3) is 2.88. The molecule has 3 heteroatoms. The minimum Gasteiger partial charge on any atom is -0.422 e. The Balaban J connectivity index is 1.61. The fourth-order valence-corrected chi connectivity index (χ4v) is 2.85. The topological polar surface area (TPSA) is 43.4 Å². The molecule has 1 aliphatic rings. The predicted octanol–water partition coefficient (Wildman–Crippen LogP) is 4.75. The molecule has 4 rings (SSSR count). The lowest BCUT2D eigenvalue weighted by Crippen LogP contribution is -1.97. The first-order chi connectivity index (χ1) is 12.2. The lowest BCUT2D eigenvalue weighted by atomic mass is 10.0. The van der Waals surface area contributed by atoms with E-state index in [9.17, 15) is 9.59 Å². The van der Waals surface area contributed by atoms with Gasteiger partial charge < -0.3 is 4.74 Å². The molecule has 0 unspecified atom stereocenters. The molecule has 1 aliphatic heterocycles. The molecule has 0 fully saturated rings. The Kier molecular flexibility index (Phi) is 3.75. The summed E-state index contributed by atoms with van der Waals surface area (Å²) in [6.07, 6.45) is 1.38. The quantitative estimate of drug-likeness (QED) is 0.396. The van der Waals surface area contributed by atoms with Crippen LogP contribution in [0.5, 0.6) is 0 Å². The lowest BCUT2D eigenvalue weighted by Gasteiger charge is -2.03. The van der Waals surface area contributed by atoms with Gasteiger partial charge in [-0.1, -0.05) is 72.8 Å². The maximum Gasteiger partial charge on any atom is 0.344 e. The molecule has 3 nitrogen and oxygen atoms in total. The molecule has 1 heterocycles. The molecule has 25 heavy (non-hydrogen) atoms. The molecule has 0 atom stereocenters. The second-order valence-electron chi connectivity index (χ2n) is 5.75. The van der Waals surface area contributed by atoms with Crippen molar-refractivity contribution in [2.45, 2.75) is 0 Å². The summed E-state index contributed by atoms with van der Waals surface area (Å²) in [5.41, 5.74) is 3.83. The second kappa shape index (κ2) is 6.21. The molecule has 3 aromatic rings. The van der Waals surface area contributed by atoms with Crippen LogP contribution >= 0.6 is 0 Å². The zero-order chi connectivity index (χ0) is 17.2. The van der Waals surface area contributed by atoms with Crippen LogP contribution in [-0.4, -0.2) is 11.8 Å². The first-order valence-corrected chi connectivity index (χ1v) is 7.95. The minimum atomic E-state index is -0.422. The zero-order valence-electron chi connectivity index (χ0n) is 13.3. The number of esters is 1. The van der Waals surface area contributed by atoms with E-state index in [-0.39, 0.29) is 5.78 Å². The van der Waals surface area contributed by atoms with E-state index in [1.54, 1.807) is 30.3 Å². The first-order valence-electron chi connectivity index (χ1n) is 7.95. The van der Waals surface area contributed by atoms with Crippen molar-refractivity contribution in [2.24, 2.45) is 0 Å². The highest BCUT2D eigenvalue weighted by molar-refractivity contribution is 6.12. The summed E-state index contributed by atoms with van der Waals surface area (Å²) in [5.74, 6) is -0.314. The molecule has 3 aromatic carbocycles. The summed E-state index contributed by atoms with van der Waals surface area (Å²) in [4.78, 5) is 24.3. The Labute approximate surface area is 145 Å². The minimum absolute atomic E-state index is 0.195. The van der Waals surface area contributed by atoms with Gasteiger partial charge in [-0.25, -0.2) is 4.79 Å². The summed E-state index contributed by atoms with van der Waals surface area (Å²) >= 11 is 0. The molecule has 0 amide bonds. The zero-order valence-corrected chi connectivity index (χ0v) is 13.3. The van der Waals surface area contributed by atoms with E-state index in [4.69, 9.17) is 4.74 Å². The number of allylic oxidation sites excluding steroid dienone is 1. The normalized spacial score (nSPS) is 14.2. The number of hydrogen-bond donors (Lipinski definition) is 0. The number of hydrogen-bond acceptors (Lipinski definition) is 3. The average Bonchev–Trinajstić information content (AvgIpc) is 2.98. The van der Waals surface area contributed by atoms with Gasteiger partial charge >= 0.3 is 5.97 Å². The fraction of sp³-hybridized carbons (Fsp3) is 0. The van der Waals surface area contributed by atoms with Crippen molar-refractivity contribution in [3.8, 4) is 11.1 Å². The predicted molar refractivity (Wildman–Crippen MR) is 96.0 cm³/mol. The van der Waals surface area contributed by atoms with Gasteiger partial charge in [-0.15, -0.1) is 0 Å². The van der Waals surface area contributed by atoms with Gasteiger partial charge in [-0.05, 0) is 17.2 Å². The average molecular weight is 326 g/mol. The number of benzene rings is 3. The van der Waals surface area contributed by atoms with Gasteiger partial charge in [0.05, 0.1) is 5.56 Å². The van der Waals surface area contributed by atoms with Gasteiger partial charge in [-0.2, -0.15) is 0 Å². The van der Waals surface area contributed by atoms with E-state index < -0.39 is 5.97 Å². The number of ketones is 1. The van der Waals surface area contributed by atoms with E-state index in [2.05, 4.69) is 0 Å². The molecule has 0 bridgehead atoms. The molecule has 0 saturated heterocycles. The largest absolute Gasteiger partial charge is 0.422 e. The Morgan fingerprint density at radius 2 is 1.32 bits per heavy atom. The Hall–Kier alpha value is -3.46. The van der Waals surface area contributed by atoms with E-state index >= 15 is 0 Å². The van der Waals surface area contributed by atoms with Crippen LogP contribution in [0.15, 0.2) is 84.9 Å². The van der Waals surface area contributed by atoms with Crippen molar-refractivity contribution >= 4 is 17.5 Å². The summed E-state index contributed by atoms with van der Waals surface area (Å²) in [5, 5.41) is 0. The second-order valence-corrected chi connectivity index (χ2v) is 5.75. The summed E-state index contributed by atoms with van der Waals surface area (Å²) < 4.78 is 5.22. The van der Waals surface area contributed by atoms with Gasteiger partial charge in [0, 0.05) is 17.2 Å². The van der Waals surface area contributed by atoms with Crippen molar-refractivity contribution in [3.63, 3.8) is 0 Å². The highest BCUT2D eigenvalue weighted by Gasteiger charge is 2.26. The number of cyclic esters (lactones) is 1. The maximum absolute atomic E-state index is 12.5. The van der Waals surface area contributed by atoms with Crippen molar-refractivity contribution in [2.75, 3.05) is 0 Å². The summed E-state index contributed by atoms with van der Waals surface area (Å²) in [6, 6.07) is 24.4. The number of rotatable bonds is 3. The Bertz CT molecular complexity index is 983. The van der Waals surface area contributed by atoms with Crippen LogP contribution < -0.4 is 0 Å². The SMILES string of the molecule is O=C(C=C1OC(=O)c2ccccc21)c1ccc(-c2ccccc2)cc1. The van der Waals surface area contributed by atoms with Crippen LogP contribution in [0.25, 0.3) is 16.9 Å². The number of carbonyl (C=O) groups is 2. The van der Waals surface area contributed by atoms with Crippen molar-refractivity contribution < 1.29 is 14.3 Å². The highest BCUT2D eigenvalue weighted by Crippen LogP contribution is 2.29. The van der Waals surface area contributed by atoms with Crippen LogP contribution in [0.4, 0.5) is 0 Å². The van der Waals surface area contributed by atoms with Crippen molar-refractivity contribution in [1.82, 2.24) is 0 Å². The Morgan fingerprint density at radius 3 is 2.04 bits per heavy atom. The maximum atomic E-state index is 12.5. The molecular weight excluding hydrogens is 312 g/mol. The molecular formula is C22H14O3. The number of carbonyl (C=O) groups excluding carboxylic acids is 2. The van der Waals surface area contributed by atoms with Gasteiger partial charge in [0.2, 0.25) is 0 Å². The van der Waals surface area contributed by atoms with E-state index in [0.717, 1.165) is 11.1 Å². The molecule has 0 saturated carbocycles. The smallest absolute Gasteiger partial charge is 0.344 e. The van der Waals surface area contributed by atoms with Crippen LogP contribution in [0.2, 0.25) is 0 Å². The van der Waals surface area contributed by atoms with Crippen molar-refractivity contribution in [3.05, 3.63) is 102 Å². The molecule has 0 spiro atoms. The van der Waals surface area contributed by atoms with E-state index in [0.29, 0.717) is 22.4 Å². The third-order valence-corrected chi connectivity index (χ3v) is 4.15. The third-order valence-electron chi connectivity index (χ3n) is 4.15. The van der Waals surface area contributed by atoms with Crippen molar-refractivity contribution in [1.29, 1.82) is 0 Å². The molecule has 0 radical (unpaired) electrons. The van der Waals surface area contributed by atoms with Crippen LogP contribution in [0.3, 0.4) is 0 Å². The Morgan fingerprint density at radius 1 is 0.720 bits per heavy atom. The standard InChI is InChI=1S/C22H14O3/c23-20(14-21-18-8-4-5-9-19(18)22(24)25-21)17-12-10-16(11-13-17)15-6-2-1-3-7-15/h1-14H. The van der Waals surface area contributed by atoms with Gasteiger partial charge in [-0.3, -0.25) is 4.79 Å². The summed E-state index contributed by atoms with van der Waals surface area (Å²) in [7, 11) is 0. The highest BCUT2D eigenvalue weighted by atomic mass is 16.5. The molecule has 120 valence electrons.